The number of rotatable bonds is 4. The van der Waals surface area contributed by atoms with Crippen LogP contribution in [0, 0.1) is 6.92 Å². The number of carbonyl (C=O) groups excluding carboxylic acids is 1. The van der Waals surface area contributed by atoms with E-state index in [2.05, 4.69) is 40.9 Å². The van der Waals surface area contributed by atoms with Crippen LogP contribution in [0.1, 0.15) is 54.8 Å². The minimum absolute atomic E-state index is 0.0208. The highest BCUT2D eigenvalue weighted by molar-refractivity contribution is 5.92. The Morgan fingerprint density at radius 1 is 1.35 bits per heavy atom. The van der Waals surface area contributed by atoms with Crippen molar-refractivity contribution in [2.45, 2.75) is 52.0 Å². The number of amides is 1. The van der Waals surface area contributed by atoms with Gasteiger partial charge < -0.3 is 9.64 Å². The molecule has 7 nitrogen and oxygen atoms in total. The van der Waals surface area contributed by atoms with Gasteiger partial charge in [-0.3, -0.25) is 19.9 Å². The van der Waals surface area contributed by atoms with Gasteiger partial charge in [-0.25, -0.2) is 0 Å². The molecule has 2 aromatic heterocycles. The third-order valence-corrected chi connectivity index (χ3v) is 4.79. The summed E-state index contributed by atoms with van der Waals surface area (Å²) in [5.74, 6) is -0.0408. The molecule has 1 saturated heterocycles. The zero-order valence-corrected chi connectivity index (χ0v) is 16.0. The molecule has 0 aromatic carbocycles. The topological polar surface area (TPSA) is 84.0 Å². The Labute approximate surface area is 154 Å². The van der Waals surface area contributed by atoms with Crippen molar-refractivity contribution in [1.29, 1.82) is 0 Å². The van der Waals surface area contributed by atoms with E-state index in [1.165, 1.54) is 0 Å². The van der Waals surface area contributed by atoms with Crippen LogP contribution in [0.2, 0.25) is 0 Å². The number of aromatic nitrogens is 4. The number of aryl methyl sites for hydroxylation is 2. The largest absolute Gasteiger partial charge is 0.377 e. The van der Waals surface area contributed by atoms with E-state index in [-0.39, 0.29) is 17.4 Å². The fraction of sp³-hybridized carbons (Fsp3) is 0.579. The highest BCUT2D eigenvalue weighted by Gasteiger charge is 2.30. The number of H-pyrrole nitrogens is 1. The summed E-state index contributed by atoms with van der Waals surface area (Å²) in [5.41, 5.74) is 3.27. The molecule has 26 heavy (non-hydrogen) atoms. The monoisotopic (exact) mass is 357 g/mol. The van der Waals surface area contributed by atoms with Crippen LogP contribution >= 0.6 is 0 Å². The second-order valence-electron chi connectivity index (χ2n) is 7.77. The molecule has 3 rings (SSSR count). The second-order valence-corrected chi connectivity index (χ2v) is 7.77. The van der Waals surface area contributed by atoms with Gasteiger partial charge in [0, 0.05) is 30.0 Å². The van der Waals surface area contributed by atoms with Crippen LogP contribution in [-0.4, -0.2) is 56.8 Å². The third-order valence-electron chi connectivity index (χ3n) is 4.79. The molecule has 1 atom stereocenters. The summed E-state index contributed by atoms with van der Waals surface area (Å²) in [5, 5.41) is 7.24. The van der Waals surface area contributed by atoms with E-state index in [1.807, 2.05) is 17.9 Å². The molecule has 1 aliphatic heterocycles. The third kappa shape index (κ3) is 4.09. The predicted octanol–water partition coefficient (Wildman–Crippen LogP) is 2.28. The summed E-state index contributed by atoms with van der Waals surface area (Å²) < 4.78 is 5.62. The summed E-state index contributed by atoms with van der Waals surface area (Å²) in [6, 6.07) is 1.88. The van der Waals surface area contributed by atoms with Crippen LogP contribution in [0.3, 0.4) is 0 Å². The first-order chi connectivity index (χ1) is 12.4. The van der Waals surface area contributed by atoms with E-state index in [4.69, 9.17) is 4.74 Å². The number of hydrogen-bond donors (Lipinski definition) is 1. The van der Waals surface area contributed by atoms with Gasteiger partial charge in [0.1, 0.15) is 5.69 Å². The summed E-state index contributed by atoms with van der Waals surface area (Å²) in [7, 11) is 0. The van der Waals surface area contributed by atoms with E-state index < -0.39 is 0 Å². The highest BCUT2D eigenvalue weighted by atomic mass is 16.5. The first-order valence-electron chi connectivity index (χ1n) is 9.07. The maximum Gasteiger partial charge on any atom is 0.274 e. The predicted molar refractivity (Wildman–Crippen MR) is 98.0 cm³/mol. The summed E-state index contributed by atoms with van der Waals surface area (Å²) in [6.45, 7) is 9.92. The molecule has 1 aliphatic rings. The molecule has 0 unspecified atom stereocenters. The molecule has 0 bridgehead atoms. The number of carbonyl (C=O) groups is 1. The molecule has 7 heteroatoms. The van der Waals surface area contributed by atoms with Crippen LogP contribution in [0.25, 0.3) is 0 Å². The fourth-order valence-corrected chi connectivity index (χ4v) is 3.11. The van der Waals surface area contributed by atoms with E-state index in [1.54, 1.807) is 12.4 Å². The van der Waals surface area contributed by atoms with E-state index >= 15 is 0 Å². The lowest BCUT2D eigenvalue weighted by atomic mass is 9.92. The van der Waals surface area contributed by atoms with Gasteiger partial charge >= 0.3 is 0 Å². The van der Waals surface area contributed by atoms with Crippen LogP contribution in [0.5, 0.6) is 0 Å². The summed E-state index contributed by atoms with van der Waals surface area (Å²) >= 11 is 0. The Morgan fingerprint density at radius 3 is 2.81 bits per heavy atom. The molecule has 140 valence electrons. The van der Waals surface area contributed by atoms with Crippen molar-refractivity contribution in [3.05, 3.63) is 41.2 Å². The summed E-state index contributed by atoms with van der Waals surface area (Å²) in [4.78, 5) is 23.6. The second kappa shape index (κ2) is 7.53. The van der Waals surface area contributed by atoms with Gasteiger partial charge in [-0.1, -0.05) is 20.8 Å². The van der Waals surface area contributed by atoms with E-state index in [9.17, 15) is 4.79 Å². The normalized spacial score (nSPS) is 18.2. The minimum atomic E-state index is -0.0700. The minimum Gasteiger partial charge on any atom is -0.377 e. The Balaban J connectivity index is 1.71. The number of aromatic amines is 1. The Bertz CT molecular complexity index is 765. The fourth-order valence-electron chi connectivity index (χ4n) is 3.11. The Morgan fingerprint density at radius 2 is 2.12 bits per heavy atom. The van der Waals surface area contributed by atoms with Gasteiger partial charge in [0.15, 0.2) is 0 Å². The average molecular weight is 357 g/mol. The lowest BCUT2D eigenvalue weighted by Crippen LogP contribution is -2.49. The molecule has 2 aromatic rings. The molecule has 1 N–H and O–H groups in total. The number of nitrogens with zero attached hydrogens (tertiary/aromatic N) is 4. The van der Waals surface area contributed by atoms with Gasteiger partial charge in [0.05, 0.1) is 30.6 Å². The average Bonchev–Trinajstić information content (AvgIpc) is 3.11. The highest BCUT2D eigenvalue weighted by Crippen LogP contribution is 2.22. The maximum absolute atomic E-state index is 13.0. The van der Waals surface area contributed by atoms with Crippen LogP contribution in [0.4, 0.5) is 0 Å². The first-order valence-corrected chi connectivity index (χ1v) is 9.07. The van der Waals surface area contributed by atoms with Gasteiger partial charge in [-0.2, -0.15) is 5.10 Å². The number of ether oxygens (including phenoxy) is 1. The quantitative estimate of drug-likeness (QED) is 0.907. The van der Waals surface area contributed by atoms with Crippen LogP contribution < -0.4 is 0 Å². The molecule has 0 aliphatic carbocycles. The molecule has 3 heterocycles. The molecule has 0 saturated carbocycles. The van der Waals surface area contributed by atoms with Crippen molar-refractivity contribution < 1.29 is 9.53 Å². The zero-order chi connectivity index (χ0) is 18.7. The van der Waals surface area contributed by atoms with Crippen LogP contribution in [0.15, 0.2) is 18.5 Å². The SMILES string of the molecule is Cc1nccnc1CC[C@@H]1COCCN1C(=O)c1cc(C(C)(C)C)[nH]n1. The lowest BCUT2D eigenvalue weighted by Gasteiger charge is -2.35. The first kappa shape index (κ1) is 18.5. The number of morpholine rings is 1. The number of nitrogens with one attached hydrogen (secondary N) is 1. The van der Waals surface area contributed by atoms with Gasteiger partial charge in [0.2, 0.25) is 0 Å². The van der Waals surface area contributed by atoms with Crippen molar-refractivity contribution in [3.8, 4) is 0 Å². The Hall–Kier alpha value is -2.28. The molecule has 1 amide bonds. The van der Waals surface area contributed by atoms with Crippen molar-refractivity contribution in [2.24, 2.45) is 0 Å². The van der Waals surface area contributed by atoms with Crippen molar-refractivity contribution >= 4 is 5.91 Å². The van der Waals surface area contributed by atoms with Gasteiger partial charge in [-0.05, 0) is 25.8 Å². The van der Waals surface area contributed by atoms with Crippen molar-refractivity contribution in [2.75, 3.05) is 19.8 Å². The summed E-state index contributed by atoms with van der Waals surface area (Å²) in [6.07, 6.45) is 4.97. The van der Waals surface area contributed by atoms with E-state index in [0.29, 0.717) is 25.5 Å². The van der Waals surface area contributed by atoms with Gasteiger partial charge in [0.25, 0.3) is 5.91 Å². The van der Waals surface area contributed by atoms with Gasteiger partial charge in [-0.15, -0.1) is 0 Å². The maximum atomic E-state index is 13.0. The van der Waals surface area contributed by atoms with E-state index in [0.717, 1.165) is 29.9 Å². The molecular weight excluding hydrogens is 330 g/mol. The Kier molecular flexibility index (Phi) is 5.36. The van der Waals surface area contributed by atoms with Crippen LogP contribution in [-0.2, 0) is 16.6 Å². The van der Waals surface area contributed by atoms with Crippen molar-refractivity contribution in [3.63, 3.8) is 0 Å². The number of hydrogen-bond acceptors (Lipinski definition) is 5. The standard InChI is InChI=1S/C19H27N5O2/c1-13-15(21-8-7-20-13)6-5-14-12-26-10-9-24(14)18(25)16-11-17(23-22-16)19(2,3)4/h7-8,11,14H,5-6,9-10,12H2,1-4H3,(H,22,23)/t14-/m1/s1. The molecule has 0 spiro atoms. The lowest BCUT2D eigenvalue weighted by molar-refractivity contribution is -0.00444. The molecule has 0 radical (unpaired) electrons. The molecular formula is C19H27N5O2. The smallest absolute Gasteiger partial charge is 0.274 e. The van der Waals surface area contributed by atoms with Crippen molar-refractivity contribution in [1.82, 2.24) is 25.1 Å². The molecule has 1 fully saturated rings. The zero-order valence-electron chi connectivity index (χ0n) is 16.0.